The molecule has 0 aliphatic carbocycles. The molecule has 0 saturated carbocycles. The van der Waals surface area contributed by atoms with E-state index in [1.165, 1.54) is 19.3 Å². The standard InChI is InChI=1S/C34H61NO5/c1-3-5-7-9-11-13-15-16-17-18-20-21-23-25-27-31(37)33(39)30(29-36)35-34(40)32(38)28-26-24-22-19-14-12-10-8-6-4-2/h7,9-10,12,15-16,20-21,30-33,36-39H,3-6,8,11,13-14,17-19,22-29H2,1-2H3,(H,35,40)/b9-7+,12-10-,16-15+,21-20+. The smallest absolute Gasteiger partial charge is 0.249 e. The highest BCUT2D eigenvalue weighted by Crippen LogP contribution is 2.12. The van der Waals surface area contributed by atoms with Crippen LogP contribution in [0.25, 0.3) is 0 Å². The highest BCUT2D eigenvalue weighted by Gasteiger charge is 2.28. The topological polar surface area (TPSA) is 110 Å². The van der Waals surface area contributed by atoms with Crippen LogP contribution in [0.15, 0.2) is 48.6 Å². The number of unbranched alkanes of at least 4 members (excludes halogenated alkanes) is 10. The summed E-state index contributed by atoms with van der Waals surface area (Å²) in [6.07, 6.45) is 31.3. The zero-order chi connectivity index (χ0) is 29.7. The van der Waals surface area contributed by atoms with Crippen LogP contribution in [0.4, 0.5) is 0 Å². The van der Waals surface area contributed by atoms with E-state index >= 15 is 0 Å². The van der Waals surface area contributed by atoms with E-state index in [1.54, 1.807) is 0 Å². The van der Waals surface area contributed by atoms with Gasteiger partial charge in [-0.1, -0.05) is 101 Å². The molecule has 0 bridgehead atoms. The molecule has 1 amide bonds. The molecule has 232 valence electrons. The Morgan fingerprint density at radius 2 is 1.10 bits per heavy atom. The van der Waals surface area contributed by atoms with Gasteiger partial charge >= 0.3 is 0 Å². The molecule has 0 fully saturated rings. The molecule has 6 heteroatoms. The molecule has 0 rings (SSSR count). The number of hydrogen-bond acceptors (Lipinski definition) is 5. The number of amides is 1. The summed E-state index contributed by atoms with van der Waals surface area (Å²) in [6.45, 7) is 3.87. The lowest BCUT2D eigenvalue weighted by molar-refractivity contribution is -0.132. The van der Waals surface area contributed by atoms with E-state index < -0.39 is 36.9 Å². The van der Waals surface area contributed by atoms with Gasteiger partial charge in [-0.2, -0.15) is 0 Å². The zero-order valence-electron chi connectivity index (χ0n) is 25.6. The Morgan fingerprint density at radius 1 is 0.600 bits per heavy atom. The van der Waals surface area contributed by atoms with E-state index in [0.29, 0.717) is 19.3 Å². The summed E-state index contributed by atoms with van der Waals surface area (Å²) in [7, 11) is 0. The molecule has 0 radical (unpaired) electrons. The maximum absolute atomic E-state index is 12.3. The number of carbonyl (C=O) groups is 1. The van der Waals surface area contributed by atoms with Gasteiger partial charge in [0.05, 0.1) is 18.8 Å². The second kappa shape index (κ2) is 28.8. The summed E-state index contributed by atoms with van der Waals surface area (Å²) >= 11 is 0. The Labute approximate surface area is 245 Å². The van der Waals surface area contributed by atoms with Crippen LogP contribution in [-0.2, 0) is 4.79 Å². The molecule has 40 heavy (non-hydrogen) atoms. The third-order valence-electron chi connectivity index (χ3n) is 6.95. The predicted molar refractivity (Wildman–Crippen MR) is 168 cm³/mol. The van der Waals surface area contributed by atoms with E-state index in [1.807, 2.05) is 0 Å². The van der Waals surface area contributed by atoms with Crippen LogP contribution < -0.4 is 5.32 Å². The van der Waals surface area contributed by atoms with Crippen LogP contribution >= 0.6 is 0 Å². The molecule has 0 aliphatic heterocycles. The molecule has 0 aromatic rings. The first-order chi connectivity index (χ1) is 19.5. The van der Waals surface area contributed by atoms with Gasteiger partial charge in [0.15, 0.2) is 0 Å². The molecular formula is C34H61NO5. The minimum absolute atomic E-state index is 0.341. The predicted octanol–water partition coefficient (Wildman–Crippen LogP) is 6.83. The zero-order valence-corrected chi connectivity index (χ0v) is 25.6. The van der Waals surface area contributed by atoms with Gasteiger partial charge < -0.3 is 25.7 Å². The van der Waals surface area contributed by atoms with Crippen molar-refractivity contribution in [2.45, 2.75) is 154 Å². The van der Waals surface area contributed by atoms with Crippen molar-refractivity contribution in [2.75, 3.05) is 6.61 Å². The first-order valence-corrected chi connectivity index (χ1v) is 16.0. The van der Waals surface area contributed by atoms with Crippen molar-refractivity contribution in [1.82, 2.24) is 5.32 Å². The molecule has 0 heterocycles. The number of hydrogen-bond donors (Lipinski definition) is 5. The van der Waals surface area contributed by atoms with Crippen molar-refractivity contribution in [3.8, 4) is 0 Å². The lowest BCUT2D eigenvalue weighted by atomic mass is 10.00. The van der Waals surface area contributed by atoms with Gasteiger partial charge in [0.2, 0.25) is 5.91 Å². The van der Waals surface area contributed by atoms with E-state index in [-0.39, 0.29) is 0 Å². The molecular weight excluding hydrogens is 502 g/mol. The molecule has 4 atom stereocenters. The summed E-state index contributed by atoms with van der Waals surface area (Å²) in [5.41, 5.74) is 0. The highest BCUT2D eigenvalue weighted by atomic mass is 16.3. The fourth-order valence-corrected chi connectivity index (χ4v) is 4.30. The number of carbonyl (C=O) groups excluding carboxylic acids is 1. The largest absolute Gasteiger partial charge is 0.394 e. The second-order valence-corrected chi connectivity index (χ2v) is 10.8. The number of nitrogens with one attached hydrogen (secondary N) is 1. The van der Waals surface area contributed by atoms with Crippen molar-refractivity contribution < 1.29 is 25.2 Å². The van der Waals surface area contributed by atoms with Crippen molar-refractivity contribution in [2.24, 2.45) is 0 Å². The van der Waals surface area contributed by atoms with Gasteiger partial charge in [-0.25, -0.2) is 0 Å². The molecule has 4 unspecified atom stereocenters. The molecule has 6 nitrogen and oxygen atoms in total. The van der Waals surface area contributed by atoms with Crippen LogP contribution in [0.1, 0.15) is 129 Å². The van der Waals surface area contributed by atoms with Gasteiger partial charge in [0, 0.05) is 0 Å². The minimum Gasteiger partial charge on any atom is -0.394 e. The van der Waals surface area contributed by atoms with Crippen molar-refractivity contribution >= 4 is 5.91 Å². The summed E-state index contributed by atoms with van der Waals surface area (Å²) in [5, 5.41) is 43.1. The Hall–Kier alpha value is -1.73. The summed E-state index contributed by atoms with van der Waals surface area (Å²) in [5.74, 6) is -0.617. The van der Waals surface area contributed by atoms with Crippen LogP contribution in [0.2, 0.25) is 0 Å². The monoisotopic (exact) mass is 563 g/mol. The highest BCUT2D eigenvalue weighted by molar-refractivity contribution is 5.80. The maximum atomic E-state index is 12.3. The number of aliphatic hydroxyl groups is 4. The molecule has 0 aromatic carbocycles. The Kier molecular flexibility index (Phi) is 27.5. The van der Waals surface area contributed by atoms with Crippen LogP contribution in [-0.4, -0.2) is 57.3 Å². The van der Waals surface area contributed by atoms with Crippen LogP contribution in [0, 0.1) is 0 Å². The SMILES string of the molecule is CCC/C=C/CC/C=C/CC/C=C/CCCC(O)C(O)C(CO)NC(=O)C(O)CCCCCC/C=C\CCCC. The quantitative estimate of drug-likeness (QED) is 0.0556. The first-order valence-electron chi connectivity index (χ1n) is 16.0. The van der Waals surface area contributed by atoms with E-state index in [0.717, 1.165) is 77.0 Å². The van der Waals surface area contributed by atoms with Crippen molar-refractivity contribution in [3.63, 3.8) is 0 Å². The van der Waals surface area contributed by atoms with Gasteiger partial charge in [-0.15, -0.1) is 0 Å². The number of allylic oxidation sites excluding steroid dienone is 8. The molecule has 0 aromatic heterocycles. The summed E-state index contributed by atoms with van der Waals surface area (Å²) < 4.78 is 0. The molecule has 0 aliphatic rings. The summed E-state index contributed by atoms with van der Waals surface area (Å²) in [4.78, 5) is 12.3. The van der Waals surface area contributed by atoms with E-state index in [9.17, 15) is 25.2 Å². The van der Waals surface area contributed by atoms with Gasteiger partial charge in [-0.05, 0) is 77.0 Å². The molecule has 0 saturated heterocycles. The third-order valence-corrected chi connectivity index (χ3v) is 6.95. The fourth-order valence-electron chi connectivity index (χ4n) is 4.30. The van der Waals surface area contributed by atoms with Crippen molar-refractivity contribution in [1.29, 1.82) is 0 Å². The Bertz CT molecular complexity index is 688. The Morgan fingerprint density at radius 3 is 1.65 bits per heavy atom. The number of rotatable bonds is 27. The number of aliphatic hydroxyl groups excluding tert-OH is 4. The fraction of sp³-hybridized carbons (Fsp3) is 0.735. The molecule has 0 spiro atoms. The van der Waals surface area contributed by atoms with Crippen molar-refractivity contribution in [3.05, 3.63) is 48.6 Å². The van der Waals surface area contributed by atoms with Gasteiger partial charge in [-0.3, -0.25) is 4.79 Å². The lowest BCUT2D eigenvalue weighted by Crippen LogP contribution is -2.53. The average Bonchev–Trinajstić information content (AvgIpc) is 2.96. The van der Waals surface area contributed by atoms with Gasteiger partial charge in [0.1, 0.15) is 12.2 Å². The third kappa shape index (κ3) is 23.0. The second-order valence-electron chi connectivity index (χ2n) is 10.8. The van der Waals surface area contributed by atoms with E-state index in [2.05, 4.69) is 67.8 Å². The van der Waals surface area contributed by atoms with Crippen LogP contribution in [0.3, 0.4) is 0 Å². The first kappa shape index (κ1) is 38.3. The van der Waals surface area contributed by atoms with E-state index in [4.69, 9.17) is 0 Å². The molecule has 5 N–H and O–H groups in total. The normalized spacial score (nSPS) is 15.4. The van der Waals surface area contributed by atoms with Crippen LogP contribution in [0.5, 0.6) is 0 Å². The minimum atomic E-state index is -1.29. The average molecular weight is 564 g/mol. The lowest BCUT2D eigenvalue weighted by Gasteiger charge is -2.27. The summed E-state index contributed by atoms with van der Waals surface area (Å²) in [6, 6.07) is -1.01. The van der Waals surface area contributed by atoms with Gasteiger partial charge in [0.25, 0.3) is 0 Å². The Balaban J connectivity index is 4.02. The maximum Gasteiger partial charge on any atom is 0.249 e.